The van der Waals surface area contributed by atoms with Crippen molar-refractivity contribution in [1.29, 1.82) is 0 Å². The minimum atomic E-state index is 0.612. The zero-order chi connectivity index (χ0) is 21.6. The van der Waals surface area contributed by atoms with Crippen LogP contribution in [-0.2, 0) is 5.75 Å². The number of ether oxygens (including phenoxy) is 1. The Hall–Kier alpha value is -2.80. The van der Waals surface area contributed by atoms with Crippen molar-refractivity contribution >= 4 is 41.2 Å². The zero-order valence-electron chi connectivity index (χ0n) is 16.6. The monoisotopic (exact) mass is 468 g/mol. The Balaban J connectivity index is 1.48. The Bertz CT molecular complexity index is 1210. The maximum Gasteiger partial charge on any atom is 0.212 e. The molecular formula is C23H18Cl2N4OS. The molecule has 156 valence electrons. The highest BCUT2D eigenvalue weighted by atomic mass is 35.5. The molecule has 0 saturated carbocycles. The van der Waals surface area contributed by atoms with Gasteiger partial charge in [-0.15, -0.1) is 10.2 Å². The summed E-state index contributed by atoms with van der Waals surface area (Å²) in [6, 6.07) is 22.8. The van der Waals surface area contributed by atoms with Gasteiger partial charge in [-0.3, -0.25) is 0 Å². The van der Waals surface area contributed by atoms with Gasteiger partial charge < -0.3 is 4.74 Å². The maximum absolute atomic E-state index is 6.27. The molecule has 0 spiro atoms. The number of aryl methyl sites for hydroxylation is 1. The molecule has 3 aromatic carbocycles. The summed E-state index contributed by atoms with van der Waals surface area (Å²) in [4.78, 5) is 0. The summed E-state index contributed by atoms with van der Waals surface area (Å²) < 4.78 is 7.60. The smallest absolute Gasteiger partial charge is 0.212 e. The lowest BCUT2D eigenvalue weighted by atomic mass is 10.2. The molecule has 0 bridgehead atoms. The van der Waals surface area contributed by atoms with Gasteiger partial charge in [0.15, 0.2) is 5.82 Å². The number of hydrogen-bond donors (Lipinski definition) is 0. The summed E-state index contributed by atoms with van der Waals surface area (Å²) in [5.41, 5.74) is 1.87. The van der Waals surface area contributed by atoms with E-state index in [1.165, 1.54) is 11.8 Å². The Kier molecular flexibility index (Phi) is 6.92. The molecule has 0 N–H and O–H groups in total. The molecule has 8 heteroatoms. The van der Waals surface area contributed by atoms with Gasteiger partial charge in [-0.1, -0.05) is 71.4 Å². The van der Waals surface area contributed by atoms with Crippen LogP contribution >= 0.6 is 35.0 Å². The zero-order valence-corrected chi connectivity index (χ0v) is 18.9. The third kappa shape index (κ3) is 5.67. The van der Waals surface area contributed by atoms with Crippen molar-refractivity contribution in [2.45, 2.75) is 17.8 Å². The van der Waals surface area contributed by atoms with Gasteiger partial charge in [-0.2, -0.15) is 9.78 Å². The number of aromatic nitrogens is 3. The lowest BCUT2D eigenvalue weighted by molar-refractivity contribution is 0.482. The maximum atomic E-state index is 6.27. The first kappa shape index (κ1) is 21.4. The van der Waals surface area contributed by atoms with Crippen LogP contribution in [0.2, 0.25) is 10.0 Å². The standard InChI is InChI=1S/C23H18Cl2N4OS/c1-16-27-28-23(31-15-18-10-11-19(24)13-22(18)25)29(16)26-14-17-6-5-9-21(12-17)30-20-7-3-2-4-8-20/h2-14H,15H2,1H3/b26-14+. The molecular weight excluding hydrogens is 451 g/mol. The van der Waals surface area contributed by atoms with E-state index in [9.17, 15) is 0 Å². The summed E-state index contributed by atoms with van der Waals surface area (Å²) >= 11 is 13.7. The lowest BCUT2D eigenvalue weighted by Gasteiger charge is -2.06. The number of para-hydroxylation sites is 1. The fraction of sp³-hybridized carbons (Fsp3) is 0.0870. The number of halogens is 2. The van der Waals surface area contributed by atoms with Crippen LogP contribution < -0.4 is 4.74 Å². The molecule has 31 heavy (non-hydrogen) atoms. The van der Waals surface area contributed by atoms with Gasteiger partial charge in [-0.25, -0.2) is 0 Å². The molecule has 4 aromatic rings. The summed E-state index contributed by atoms with van der Waals surface area (Å²) in [5, 5.41) is 14.9. The van der Waals surface area contributed by atoms with Crippen LogP contribution in [0.3, 0.4) is 0 Å². The first-order valence-corrected chi connectivity index (χ1v) is 11.2. The molecule has 0 amide bonds. The molecule has 0 radical (unpaired) electrons. The Labute approximate surface area is 194 Å². The van der Waals surface area contributed by atoms with Gasteiger partial charge in [0.25, 0.3) is 0 Å². The minimum Gasteiger partial charge on any atom is -0.457 e. The summed E-state index contributed by atoms with van der Waals surface area (Å²) in [5.74, 6) is 2.84. The van der Waals surface area contributed by atoms with Crippen molar-refractivity contribution in [1.82, 2.24) is 14.9 Å². The summed E-state index contributed by atoms with van der Waals surface area (Å²) in [6.45, 7) is 1.86. The van der Waals surface area contributed by atoms with Crippen molar-refractivity contribution in [3.8, 4) is 11.5 Å². The average molecular weight is 469 g/mol. The summed E-state index contributed by atoms with van der Waals surface area (Å²) in [6.07, 6.45) is 1.76. The molecule has 4 rings (SSSR count). The second-order valence-electron chi connectivity index (χ2n) is 6.60. The largest absolute Gasteiger partial charge is 0.457 e. The van der Waals surface area contributed by atoms with Crippen LogP contribution in [0.15, 0.2) is 83.1 Å². The van der Waals surface area contributed by atoms with E-state index in [1.807, 2.05) is 73.7 Å². The van der Waals surface area contributed by atoms with Crippen molar-refractivity contribution < 1.29 is 4.74 Å². The molecule has 0 aliphatic rings. The van der Waals surface area contributed by atoms with Crippen LogP contribution in [0.25, 0.3) is 0 Å². The van der Waals surface area contributed by atoms with Gasteiger partial charge in [0.2, 0.25) is 5.16 Å². The topological polar surface area (TPSA) is 52.3 Å². The van der Waals surface area contributed by atoms with Crippen LogP contribution in [0.1, 0.15) is 17.0 Å². The van der Waals surface area contributed by atoms with Crippen molar-refractivity contribution in [3.63, 3.8) is 0 Å². The lowest BCUT2D eigenvalue weighted by Crippen LogP contribution is -1.97. The molecule has 0 aliphatic heterocycles. The van der Waals surface area contributed by atoms with E-state index in [0.29, 0.717) is 26.8 Å². The van der Waals surface area contributed by atoms with Crippen LogP contribution in [0.5, 0.6) is 11.5 Å². The number of benzene rings is 3. The molecule has 0 aliphatic carbocycles. The number of nitrogens with zero attached hydrogens (tertiary/aromatic N) is 4. The normalized spacial score (nSPS) is 11.2. The number of hydrogen-bond acceptors (Lipinski definition) is 5. The van der Waals surface area contributed by atoms with E-state index in [2.05, 4.69) is 15.3 Å². The molecule has 5 nitrogen and oxygen atoms in total. The van der Waals surface area contributed by atoms with Gasteiger partial charge in [0, 0.05) is 15.8 Å². The van der Waals surface area contributed by atoms with Crippen LogP contribution in [0.4, 0.5) is 0 Å². The Morgan fingerprint density at radius 3 is 2.58 bits per heavy atom. The van der Waals surface area contributed by atoms with Gasteiger partial charge >= 0.3 is 0 Å². The number of thioether (sulfide) groups is 1. The van der Waals surface area contributed by atoms with E-state index < -0.39 is 0 Å². The van der Waals surface area contributed by atoms with Gasteiger partial charge in [-0.05, 0) is 54.4 Å². The quantitative estimate of drug-likeness (QED) is 0.219. The molecule has 0 fully saturated rings. The molecule has 0 atom stereocenters. The highest BCUT2D eigenvalue weighted by molar-refractivity contribution is 7.98. The van der Waals surface area contributed by atoms with Crippen molar-refractivity contribution in [2.75, 3.05) is 0 Å². The van der Waals surface area contributed by atoms with E-state index in [0.717, 1.165) is 22.6 Å². The molecule has 0 unspecified atom stereocenters. The summed E-state index contributed by atoms with van der Waals surface area (Å²) in [7, 11) is 0. The average Bonchev–Trinajstić information content (AvgIpc) is 3.12. The fourth-order valence-corrected chi connectivity index (χ4v) is 4.24. The minimum absolute atomic E-state index is 0.612. The predicted octanol–water partition coefficient (Wildman–Crippen LogP) is 6.86. The van der Waals surface area contributed by atoms with Gasteiger partial charge in [0.05, 0.1) is 6.21 Å². The van der Waals surface area contributed by atoms with Crippen molar-refractivity contribution in [2.24, 2.45) is 5.10 Å². The second-order valence-corrected chi connectivity index (χ2v) is 8.38. The van der Waals surface area contributed by atoms with Crippen LogP contribution in [0, 0.1) is 6.92 Å². The molecule has 1 aromatic heterocycles. The van der Waals surface area contributed by atoms with E-state index in [4.69, 9.17) is 27.9 Å². The SMILES string of the molecule is Cc1nnc(SCc2ccc(Cl)cc2Cl)n1/N=C/c1cccc(Oc2ccccc2)c1. The highest BCUT2D eigenvalue weighted by Gasteiger charge is 2.10. The highest BCUT2D eigenvalue weighted by Crippen LogP contribution is 2.28. The predicted molar refractivity (Wildman–Crippen MR) is 127 cm³/mol. The van der Waals surface area contributed by atoms with Crippen LogP contribution in [-0.4, -0.2) is 21.1 Å². The van der Waals surface area contributed by atoms with E-state index >= 15 is 0 Å². The van der Waals surface area contributed by atoms with E-state index in [-0.39, 0.29) is 0 Å². The molecule has 1 heterocycles. The third-order valence-electron chi connectivity index (χ3n) is 4.30. The first-order chi connectivity index (χ1) is 15.1. The van der Waals surface area contributed by atoms with Gasteiger partial charge in [0.1, 0.15) is 11.5 Å². The van der Waals surface area contributed by atoms with Crippen molar-refractivity contribution in [3.05, 3.63) is 99.8 Å². The molecule has 0 saturated heterocycles. The number of rotatable bonds is 7. The Morgan fingerprint density at radius 2 is 1.77 bits per heavy atom. The Morgan fingerprint density at radius 1 is 0.968 bits per heavy atom. The van der Waals surface area contributed by atoms with E-state index in [1.54, 1.807) is 17.0 Å². The second kappa shape index (κ2) is 10.0. The first-order valence-electron chi connectivity index (χ1n) is 9.44. The fourth-order valence-electron chi connectivity index (χ4n) is 2.75. The third-order valence-corrected chi connectivity index (χ3v) is 5.85.